The van der Waals surface area contributed by atoms with Gasteiger partial charge in [-0.2, -0.15) is 0 Å². The van der Waals surface area contributed by atoms with Crippen LogP contribution in [-0.4, -0.2) is 52.8 Å². The van der Waals surface area contributed by atoms with Crippen molar-refractivity contribution in [3.05, 3.63) is 64.4 Å². The average Bonchev–Trinajstić information content (AvgIpc) is 2.68. The van der Waals surface area contributed by atoms with Crippen LogP contribution in [0.5, 0.6) is 0 Å². The Morgan fingerprint density at radius 3 is 2.37 bits per heavy atom. The van der Waals surface area contributed by atoms with Crippen molar-refractivity contribution in [2.45, 2.75) is 25.7 Å². The number of piperazine rings is 1. The molecule has 3 rings (SSSR count). The van der Waals surface area contributed by atoms with Gasteiger partial charge in [0, 0.05) is 42.5 Å². The lowest BCUT2D eigenvalue weighted by Gasteiger charge is -2.39. The summed E-state index contributed by atoms with van der Waals surface area (Å²) in [5.41, 5.74) is 1.15. The molecule has 0 atom stereocenters. The molecule has 1 aromatic carbocycles. The number of pyridine rings is 1. The summed E-state index contributed by atoms with van der Waals surface area (Å²) in [7, 11) is 0. The highest BCUT2D eigenvalue weighted by atomic mass is 79.9. The molecule has 0 spiro atoms. The monoisotopic (exact) mass is 429 g/mol. The Kier molecular flexibility index (Phi) is 5.95. The quantitative estimate of drug-likeness (QED) is 0.750. The number of amides is 2. The van der Waals surface area contributed by atoms with Crippen LogP contribution in [0.2, 0.25) is 0 Å². The van der Waals surface area contributed by atoms with Crippen molar-refractivity contribution in [1.29, 1.82) is 0 Å². The Hall–Kier alpha value is -2.21. The highest BCUT2D eigenvalue weighted by Gasteiger charge is 2.35. The fourth-order valence-corrected chi connectivity index (χ4v) is 3.72. The summed E-state index contributed by atoms with van der Waals surface area (Å²) < 4.78 is 0.964. The van der Waals surface area contributed by atoms with Crippen molar-refractivity contribution in [3.8, 4) is 0 Å². The molecule has 6 heteroatoms. The largest absolute Gasteiger partial charge is 0.339 e. The summed E-state index contributed by atoms with van der Waals surface area (Å²) in [6, 6.07) is 13.5. The maximum atomic E-state index is 13.1. The van der Waals surface area contributed by atoms with Gasteiger partial charge >= 0.3 is 0 Å². The van der Waals surface area contributed by atoms with E-state index in [9.17, 15) is 9.59 Å². The molecule has 2 aromatic rings. The number of carbonyl (C=O) groups is 2. The van der Waals surface area contributed by atoms with Crippen LogP contribution in [0.15, 0.2) is 53.1 Å². The molecule has 0 bridgehead atoms. The van der Waals surface area contributed by atoms with E-state index in [1.807, 2.05) is 66.1 Å². The second-order valence-corrected chi connectivity index (χ2v) is 8.22. The van der Waals surface area contributed by atoms with Crippen molar-refractivity contribution in [1.82, 2.24) is 14.8 Å². The molecule has 0 N–H and O–H groups in total. The molecule has 1 aromatic heterocycles. The molecule has 1 aliphatic rings. The van der Waals surface area contributed by atoms with Crippen LogP contribution in [0, 0.1) is 0 Å². The molecular formula is C21H24BrN3O2. The molecule has 0 unspecified atom stereocenters. The summed E-state index contributed by atoms with van der Waals surface area (Å²) in [6.45, 7) is 6.15. The van der Waals surface area contributed by atoms with Gasteiger partial charge in [0.05, 0.1) is 11.8 Å². The third-order valence-electron chi connectivity index (χ3n) is 5.06. The predicted octanol–water partition coefficient (Wildman–Crippen LogP) is 3.04. The van der Waals surface area contributed by atoms with E-state index in [4.69, 9.17) is 0 Å². The van der Waals surface area contributed by atoms with E-state index >= 15 is 0 Å². The second kappa shape index (κ2) is 8.21. The topological polar surface area (TPSA) is 53.5 Å². The molecule has 1 aliphatic heterocycles. The SMILES string of the molecule is CC(C)(C(=O)N1CCN(C(=O)Cc2ccccn2)CC1)c1cccc(Br)c1. The number of hydrogen-bond acceptors (Lipinski definition) is 3. The molecule has 2 heterocycles. The van der Waals surface area contributed by atoms with Gasteiger partial charge in [-0.05, 0) is 43.7 Å². The number of aromatic nitrogens is 1. The normalized spacial score (nSPS) is 14.9. The van der Waals surface area contributed by atoms with E-state index < -0.39 is 5.41 Å². The lowest BCUT2D eigenvalue weighted by atomic mass is 9.83. The first kappa shape index (κ1) is 19.5. The van der Waals surface area contributed by atoms with Gasteiger partial charge in [0.15, 0.2) is 0 Å². The number of nitrogens with zero attached hydrogens (tertiary/aromatic N) is 3. The number of carbonyl (C=O) groups excluding carboxylic acids is 2. The van der Waals surface area contributed by atoms with E-state index in [2.05, 4.69) is 20.9 Å². The van der Waals surface area contributed by atoms with Crippen LogP contribution in [0.3, 0.4) is 0 Å². The Bertz CT molecular complexity index is 815. The average molecular weight is 430 g/mol. The van der Waals surface area contributed by atoms with Crippen molar-refractivity contribution in [2.24, 2.45) is 0 Å². The summed E-state index contributed by atoms with van der Waals surface area (Å²) in [4.78, 5) is 33.5. The van der Waals surface area contributed by atoms with Gasteiger partial charge in [-0.15, -0.1) is 0 Å². The number of benzene rings is 1. The van der Waals surface area contributed by atoms with Crippen molar-refractivity contribution in [2.75, 3.05) is 26.2 Å². The number of halogens is 1. The number of hydrogen-bond donors (Lipinski definition) is 0. The molecule has 2 amide bonds. The van der Waals surface area contributed by atoms with Crippen LogP contribution in [-0.2, 0) is 21.4 Å². The zero-order valence-corrected chi connectivity index (χ0v) is 17.3. The second-order valence-electron chi connectivity index (χ2n) is 7.31. The van der Waals surface area contributed by atoms with Gasteiger partial charge in [0.2, 0.25) is 11.8 Å². The zero-order chi connectivity index (χ0) is 19.4. The van der Waals surface area contributed by atoms with Crippen LogP contribution in [0.4, 0.5) is 0 Å². The van der Waals surface area contributed by atoms with E-state index in [0.29, 0.717) is 32.6 Å². The fraction of sp³-hybridized carbons (Fsp3) is 0.381. The maximum absolute atomic E-state index is 13.1. The minimum absolute atomic E-state index is 0.0621. The van der Waals surface area contributed by atoms with Crippen molar-refractivity contribution >= 4 is 27.7 Å². The Morgan fingerprint density at radius 1 is 1.04 bits per heavy atom. The molecule has 1 saturated heterocycles. The minimum atomic E-state index is -0.607. The molecule has 0 radical (unpaired) electrons. The minimum Gasteiger partial charge on any atom is -0.339 e. The smallest absolute Gasteiger partial charge is 0.232 e. The zero-order valence-electron chi connectivity index (χ0n) is 15.7. The third kappa shape index (κ3) is 4.56. The van der Waals surface area contributed by atoms with Crippen LogP contribution >= 0.6 is 15.9 Å². The molecular weight excluding hydrogens is 406 g/mol. The molecule has 1 fully saturated rings. The standard InChI is InChI=1S/C21H24BrN3O2/c1-21(2,16-6-5-7-17(22)14-16)20(27)25-12-10-24(11-13-25)19(26)15-18-8-3-4-9-23-18/h3-9,14H,10-13,15H2,1-2H3. The Labute approximate surface area is 168 Å². The van der Waals surface area contributed by atoms with Crippen LogP contribution < -0.4 is 0 Å². The van der Waals surface area contributed by atoms with E-state index in [1.54, 1.807) is 6.20 Å². The van der Waals surface area contributed by atoms with Crippen LogP contribution in [0.25, 0.3) is 0 Å². The van der Waals surface area contributed by atoms with Gasteiger partial charge in [-0.3, -0.25) is 14.6 Å². The molecule has 0 saturated carbocycles. The van der Waals surface area contributed by atoms with Gasteiger partial charge in [0.1, 0.15) is 0 Å². The van der Waals surface area contributed by atoms with Gasteiger partial charge in [-0.1, -0.05) is 34.1 Å². The van der Waals surface area contributed by atoms with E-state index in [1.165, 1.54) is 0 Å². The summed E-state index contributed by atoms with van der Waals surface area (Å²) in [5.74, 6) is 0.157. The highest BCUT2D eigenvalue weighted by Crippen LogP contribution is 2.28. The maximum Gasteiger partial charge on any atom is 0.232 e. The van der Waals surface area contributed by atoms with Crippen molar-refractivity contribution < 1.29 is 9.59 Å². The van der Waals surface area contributed by atoms with Gasteiger partial charge in [-0.25, -0.2) is 0 Å². The summed E-state index contributed by atoms with van der Waals surface area (Å²) >= 11 is 3.48. The first-order valence-corrected chi connectivity index (χ1v) is 9.90. The Morgan fingerprint density at radius 2 is 1.74 bits per heavy atom. The molecule has 0 aliphatic carbocycles. The van der Waals surface area contributed by atoms with Crippen molar-refractivity contribution in [3.63, 3.8) is 0 Å². The third-order valence-corrected chi connectivity index (χ3v) is 5.55. The summed E-state index contributed by atoms with van der Waals surface area (Å²) in [6.07, 6.45) is 2.00. The lowest BCUT2D eigenvalue weighted by Crippen LogP contribution is -2.54. The predicted molar refractivity (Wildman–Crippen MR) is 108 cm³/mol. The number of rotatable bonds is 4. The van der Waals surface area contributed by atoms with Crippen LogP contribution in [0.1, 0.15) is 25.1 Å². The molecule has 27 heavy (non-hydrogen) atoms. The lowest BCUT2D eigenvalue weighted by molar-refractivity contribution is -0.142. The first-order chi connectivity index (χ1) is 12.9. The Balaban J connectivity index is 1.60. The molecule has 142 valence electrons. The highest BCUT2D eigenvalue weighted by molar-refractivity contribution is 9.10. The van der Waals surface area contributed by atoms with E-state index in [-0.39, 0.29) is 11.8 Å². The fourth-order valence-electron chi connectivity index (χ4n) is 3.32. The molecule has 5 nitrogen and oxygen atoms in total. The van der Waals surface area contributed by atoms with E-state index in [0.717, 1.165) is 15.7 Å². The first-order valence-electron chi connectivity index (χ1n) is 9.11. The summed E-state index contributed by atoms with van der Waals surface area (Å²) in [5, 5.41) is 0. The van der Waals surface area contributed by atoms with Gasteiger partial charge < -0.3 is 9.80 Å². The van der Waals surface area contributed by atoms with Gasteiger partial charge in [0.25, 0.3) is 0 Å².